The van der Waals surface area contributed by atoms with Crippen LogP contribution in [0.3, 0.4) is 0 Å². The number of hydrogen-bond acceptors (Lipinski definition) is 2. The minimum atomic E-state index is -0.0995. The largest absolute Gasteiger partial charge is 0.287 e. The zero-order valence-electron chi connectivity index (χ0n) is 4.56. The Hall–Kier alpha value is -1.06. The second-order valence-electron chi connectivity index (χ2n) is 1.72. The average Bonchev–Trinajstić information content (AvgIpc) is 1.85. The van der Waals surface area contributed by atoms with Crippen LogP contribution in [0.15, 0.2) is 0 Å². The van der Waals surface area contributed by atoms with Gasteiger partial charge in [-0.2, -0.15) is 0 Å². The summed E-state index contributed by atoms with van der Waals surface area (Å²) in [6, 6.07) is 0. The number of nitrogens with zero attached hydrogens (tertiary/aromatic N) is 1. The molecule has 0 radical (unpaired) electrons. The predicted molar refractivity (Wildman–Crippen MR) is 28.2 cm³/mol. The van der Waals surface area contributed by atoms with E-state index in [4.69, 9.17) is 5.41 Å². The minimum Gasteiger partial charge on any atom is -0.287 e. The summed E-state index contributed by atoms with van der Waals surface area (Å²) in [6.07, 6.45) is 0.219. The normalized spacial score (nSPS) is 19.4. The van der Waals surface area contributed by atoms with Gasteiger partial charge in [-0.1, -0.05) is 0 Å². The van der Waals surface area contributed by atoms with E-state index in [1.807, 2.05) is 0 Å². The molecule has 1 rings (SSSR count). The van der Waals surface area contributed by atoms with Crippen LogP contribution in [0.25, 0.3) is 0 Å². The molecule has 4 nitrogen and oxygen atoms in total. The van der Waals surface area contributed by atoms with Crippen LogP contribution in [-0.4, -0.2) is 23.8 Å². The maximum absolute atomic E-state index is 10.4. The third-order valence-electron chi connectivity index (χ3n) is 1.03. The SMILES string of the molecule is CN1NC(=O)CC1=N. The van der Waals surface area contributed by atoms with Crippen molar-refractivity contribution in [2.24, 2.45) is 0 Å². The molecule has 1 aliphatic heterocycles. The second-order valence-corrected chi connectivity index (χ2v) is 1.72. The van der Waals surface area contributed by atoms with E-state index >= 15 is 0 Å². The molecule has 1 fully saturated rings. The van der Waals surface area contributed by atoms with Crippen LogP contribution in [0.1, 0.15) is 6.42 Å². The van der Waals surface area contributed by atoms with Crippen molar-refractivity contribution in [2.75, 3.05) is 7.05 Å². The van der Waals surface area contributed by atoms with Gasteiger partial charge in [0.05, 0.1) is 6.42 Å². The molecule has 0 aromatic rings. The molecule has 1 aliphatic rings. The van der Waals surface area contributed by atoms with E-state index in [2.05, 4.69) is 5.43 Å². The van der Waals surface area contributed by atoms with Crippen molar-refractivity contribution in [3.63, 3.8) is 0 Å². The highest BCUT2D eigenvalue weighted by Gasteiger charge is 2.18. The number of carbonyl (C=O) groups is 1. The summed E-state index contributed by atoms with van der Waals surface area (Å²) in [7, 11) is 1.65. The highest BCUT2D eigenvalue weighted by Crippen LogP contribution is 1.95. The Morgan fingerprint density at radius 2 is 2.50 bits per heavy atom. The molecule has 44 valence electrons. The molecule has 2 N–H and O–H groups in total. The number of amidine groups is 1. The summed E-state index contributed by atoms with van der Waals surface area (Å²) in [5, 5.41) is 8.43. The van der Waals surface area contributed by atoms with Crippen molar-refractivity contribution in [3.05, 3.63) is 0 Å². The number of rotatable bonds is 0. The molecule has 0 unspecified atom stereocenters. The lowest BCUT2D eigenvalue weighted by molar-refractivity contribution is -0.120. The van der Waals surface area contributed by atoms with Gasteiger partial charge in [-0.25, -0.2) is 0 Å². The van der Waals surface area contributed by atoms with Crippen molar-refractivity contribution >= 4 is 11.7 Å². The van der Waals surface area contributed by atoms with Crippen molar-refractivity contribution in [1.29, 1.82) is 5.41 Å². The monoisotopic (exact) mass is 113 g/mol. The van der Waals surface area contributed by atoms with E-state index in [9.17, 15) is 4.79 Å². The third-order valence-corrected chi connectivity index (χ3v) is 1.03. The molecule has 1 heterocycles. The molecule has 0 atom stereocenters. The number of amides is 1. The fourth-order valence-corrected chi connectivity index (χ4v) is 0.565. The molecule has 0 aliphatic carbocycles. The smallest absolute Gasteiger partial charge is 0.246 e. The molecule has 4 heteroatoms. The van der Waals surface area contributed by atoms with Crippen LogP contribution in [0, 0.1) is 5.41 Å². The first-order chi connectivity index (χ1) is 3.70. The van der Waals surface area contributed by atoms with Gasteiger partial charge in [0.2, 0.25) is 5.91 Å². The Morgan fingerprint density at radius 1 is 1.88 bits per heavy atom. The summed E-state index contributed by atoms with van der Waals surface area (Å²) >= 11 is 0. The quantitative estimate of drug-likeness (QED) is 0.437. The van der Waals surface area contributed by atoms with Crippen molar-refractivity contribution < 1.29 is 4.79 Å². The van der Waals surface area contributed by atoms with Crippen LogP contribution in [-0.2, 0) is 4.79 Å². The lowest BCUT2D eigenvalue weighted by Gasteiger charge is -2.06. The van der Waals surface area contributed by atoms with E-state index in [-0.39, 0.29) is 12.3 Å². The average molecular weight is 113 g/mol. The van der Waals surface area contributed by atoms with Gasteiger partial charge in [-0.05, 0) is 0 Å². The van der Waals surface area contributed by atoms with E-state index in [1.54, 1.807) is 7.05 Å². The maximum Gasteiger partial charge on any atom is 0.246 e. The number of carbonyl (C=O) groups excluding carboxylic acids is 1. The molecule has 0 aromatic heterocycles. The Morgan fingerprint density at radius 3 is 2.62 bits per heavy atom. The standard InChI is InChI=1S/C4H7N3O/c1-7-3(5)2-4(8)6-7/h5H,2H2,1H3,(H,6,8). The fraction of sp³-hybridized carbons (Fsp3) is 0.500. The number of hydrazine groups is 1. The molecule has 1 saturated heterocycles. The summed E-state index contributed by atoms with van der Waals surface area (Å²) in [6.45, 7) is 0. The summed E-state index contributed by atoms with van der Waals surface area (Å²) in [5.74, 6) is 0.229. The minimum absolute atomic E-state index is 0.0995. The van der Waals surface area contributed by atoms with Gasteiger partial charge in [0.1, 0.15) is 5.84 Å². The highest BCUT2D eigenvalue weighted by molar-refractivity contribution is 6.03. The van der Waals surface area contributed by atoms with Crippen molar-refractivity contribution in [1.82, 2.24) is 10.4 Å². The van der Waals surface area contributed by atoms with Gasteiger partial charge in [-0.15, -0.1) is 0 Å². The van der Waals surface area contributed by atoms with Crippen LogP contribution >= 0.6 is 0 Å². The lowest BCUT2D eigenvalue weighted by Crippen LogP contribution is -2.31. The first-order valence-electron chi connectivity index (χ1n) is 2.31. The molecular weight excluding hydrogens is 106 g/mol. The highest BCUT2D eigenvalue weighted by atomic mass is 16.2. The topological polar surface area (TPSA) is 56.2 Å². The van der Waals surface area contributed by atoms with E-state index in [1.165, 1.54) is 5.01 Å². The van der Waals surface area contributed by atoms with Gasteiger partial charge in [0.15, 0.2) is 0 Å². The summed E-state index contributed by atoms with van der Waals surface area (Å²) in [4.78, 5) is 10.4. The number of nitrogens with one attached hydrogen (secondary N) is 2. The van der Waals surface area contributed by atoms with E-state index < -0.39 is 0 Å². The van der Waals surface area contributed by atoms with Gasteiger partial charge in [0, 0.05) is 7.05 Å². The fourth-order valence-electron chi connectivity index (χ4n) is 0.565. The van der Waals surface area contributed by atoms with Gasteiger partial charge in [-0.3, -0.25) is 20.6 Å². The van der Waals surface area contributed by atoms with E-state index in [0.29, 0.717) is 5.84 Å². The Balaban J connectivity index is 2.64. The first kappa shape index (κ1) is 5.08. The Labute approximate surface area is 47.0 Å². The van der Waals surface area contributed by atoms with Gasteiger partial charge < -0.3 is 0 Å². The van der Waals surface area contributed by atoms with E-state index in [0.717, 1.165) is 0 Å². The third kappa shape index (κ3) is 0.641. The summed E-state index contributed by atoms with van der Waals surface area (Å²) < 4.78 is 0. The van der Waals surface area contributed by atoms with Gasteiger partial charge >= 0.3 is 0 Å². The zero-order chi connectivity index (χ0) is 6.15. The van der Waals surface area contributed by atoms with Crippen molar-refractivity contribution in [2.45, 2.75) is 6.42 Å². The maximum atomic E-state index is 10.4. The molecular formula is C4H7N3O. The zero-order valence-corrected chi connectivity index (χ0v) is 4.56. The molecule has 8 heavy (non-hydrogen) atoms. The lowest BCUT2D eigenvalue weighted by atomic mass is 10.4. The second kappa shape index (κ2) is 1.47. The van der Waals surface area contributed by atoms with Crippen molar-refractivity contribution in [3.8, 4) is 0 Å². The number of hydrogen-bond donors (Lipinski definition) is 2. The van der Waals surface area contributed by atoms with Gasteiger partial charge in [0.25, 0.3) is 0 Å². The Kier molecular flexibility index (Phi) is 0.932. The first-order valence-corrected chi connectivity index (χ1v) is 2.31. The van der Waals surface area contributed by atoms with Crippen LogP contribution in [0.2, 0.25) is 0 Å². The molecule has 1 amide bonds. The predicted octanol–water partition coefficient (Wildman–Crippen LogP) is -0.670. The molecule has 0 saturated carbocycles. The molecule has 0 spiro atoms. The van der Waals surface area contributed by atoms with Crippen LogP contribution in [0.4, 0.5) is 0 Å². The molecule has 0 bridgehead atoms. The van der Waals surface area contributed by atoms with Crippen LogP contribution < -0.4 is 5.43 Å². The molecule has 0 aromatic carbocycles. The Bertz CT molecular complexity index is 142. The summed E-state index contributed by atoms with van der Waals surface area (Å²) in [5.41, 5.74) is 2.44. The van der Waals surface area contributed by atoms with Crippen LogP contribution in [0.5, 0.6) is 0 Å².